The number of carbonyl (C=O) groups excluding carboxylic acids is 4. The Morgan fingerprint density at radius 1 is 0.840 bits per heavy atom. The van der Waals surface area contributed by atoms with Crippen LogP contribution in [0.25, 0.3) is 11.6 Å². The number of phenolic OH excluding ortho intramolecular Hbond substituents is 1. The number of phenols is 1. The monoisotopic (exact) mass is 661 g/mol. The van der Waals surface area contributed by atoms with Gasteiger partial charge in [-0.3, -0.25) is 24.1 Å². The number of imide groups is 1. The zero-order valence-corrected chi connectivity index (χ0v) is 27.5. The fraction of sp³-hybridized carbons (Fsp3) is 0.209. The van der Waals surface area contributed by atoms with E-state index in [0.29, 0.717) is 28.0 Å². The number of amides is 2. The van der Waals surface area contributed by atoms with E-state index < -0.39 is 35.0 Å². The van der Waals surface area contributed by atoms with Crippen LogP contribution in [-0.2, 0) is 24.6 Å². The number of Topliss-reactive ketones (excluding diaryl/α,β-unsaturated/α-hetero) is 1. The lowest BCUT2D eigenvalue weighted by atomic mass is 9.44. The number of para-hydroxylation sites is 1. The predicted molar refractivity (Wildman–Crippen MR) is 190 cm³/mol. The van der Waals surface area contributed by atoms with Crippen LogP contribution in [0, 0.1) is 23.7 Å². The van der Waals surface area contributed by atoms with Crippen molar-refractivity contribution in [2.45, 2.75) is 24.2 Å². The lowest BCUT2D eigenvalue weighted by Crippen LogP contribution is -2.58. The van der Waals surface area contributed by atoms with Gasteiger partial charge in [-0.1, -0.05) is 109 Å². The minimum Gasteiger partial charge on any atom is -0.504 e. The Bertz CT molecular complexity index is 2130. The molecule has 1 aliphatic heterocycles. The first-order valence-electron chi connectivity index (χ1n) is 16.9. The molecule has 3 aliphatic carbocycles. The van der Waals surface area contributed by atoms with Gasteiger partial charge >= 0.3 is 0 Å². The molecule has 0 aromatic heterocycles. The van der Waals surface area contributed by atoms with E-state index in [1.807, 2.05) is 78.9 Å². The predicted octanol–water partition coefficient (Wildman–Crippen LogP) is 7.07. The highest BCUT2D eigenvalue weighted by Crippen LogP contribution is 2.65. The number of allylic oxidation sites excluding steroid dienone is 4. The van der Waals surface area contributed by atoms with Crippen molar-refractivity contribution in [1.82, 2.24) is 0 Å². The molecule has 248 valence electrons. The maximum absolute atomic E-state index is 15.1. The van der Waals surface area contributed by atoms with Gasteiger partial charge in [0.1, 0.15) is 0 Å². The van der Waals surface area contributed by atoms with E-state index in [1.165, 1.54) is 18.1 Å². The molecular formula is C43H35NO6. The van der Waals surface area contributed by atoms with Crippen molar-refractivity contribution in [3.05, 3.63) is 150 Å². The summed E-state index contributed by atoms with van der Waals surface area (Å²) in [5, 5.41) is 11.8. The molecule has 6 unspecified atom stereocenters. The van der Waals surface area contributed by atoms with Gasteiger partial charge in [0.15, 0.2) is 23.1 Å². The molecule has 2 amide bonds. The Hall–Kier alpha value is -5.82. The second-order valence-corrected chi connectivity index (χ2v) is 13.5. The molecule has 0 radical (unpaired) electrons. The molecule has 1 saturated carbocycles. The minimum atomic E-state index is -1.44. The minimum absolute atomic E-state index is 0.131. The van der Waals surface area contributed by atoms with Gasteiger partial charge in [-0.05, 0) is 59.7 Å². The van der Waals surface area contributed by atoms with Crippen molar-refractivity contribution in [2.24, 2.45) is 23.7 Å². The van der Waals surface area contributed by atoms with Crippen LogP contribution < -0.4 is 9.64 Å². The van der Waals surface area contributed by atoms with Crippen molar-refractivity contribution < 1.29 is 29.0 Å². The van der Waals surface area contributed by atoms with Crippen molar-refractivity contribution in [1.29, 1.82) is 0 Å². The van der Waals surface area contributed by atoms with Gasteiger partial charge in [0.2, 0.25) is 11.8 Å². The zero-order valence-electron chi connectivity index (χ0n) is 27.5. The van der Waals surface area contributed by atoms with Crippen LogP contribution in [0.4, 0.5) is 5.69 Å². The van der Waals surface area contributed by atoms with Crippen molar-refractivity contribution in [3.63, 3.8) is 0 Å². The number of carbonyl (C=O) groups is 4. The second-order valence-electron chi connectivity index (χ2n) is 13.5. The zero-order chi connectivity index (χ0) is 34.7. The van der Waals surface area contributed by atoms with E-state index in [4.69, 9.17) is 4.74 Å². The first-order valence-corrected chi connectivity index (χ1v) is 16.9. The van der Waals surface area contributed by atoms with Crippen LogP contribution in [0.15, 0.2) is 127 Å². The Balaban J connectivity index is 1.36. The summed E-state index contributed by atoms with van der Waals surface area (Å²) in [4.78, 5) is 60.0. The largest absolute Gasteiger partial charge is 0.504 e. The number of hydrogen-bond acceptors (Lipinski definition) is 6. The molecule has 50 heavy (non-hydrogen) atoms. The van der Waals surface area contributed by atoms with Crippen molar-refractivity contribution >= 4 is 40.7 Å². The summed E-state index contributed by atoms with van der Waals surface area (Å²) in [6.07, 6.45) is 5.62. The summed E-state index contributed by atoms with van der Waals surface area (Å²) in [6.45, 7) is 3.80. The highest BCUT2D eigenvalue weighted by molar-refractivity contribution is 6.32. The Kier molecular flexibility index (Phi) is 7.52. The van der Waals surface area contributed by atoms with Crippen LogP contribution >= 0.6 is 0 Å². The maximum atomic E-state index is 15.1. The van der Waals surface area contributed by atoms with Gasteiger partial charge in [0, 0.05) is 23.0 Å². The van der Waals surface area contributed by atoms with E-state index in [1.54, 1.807) is 36.4 Å². The second kappa shape index (κ2) is 11.9. The Morgan fingerprint density at radius 3 is 2.22 bits per heavy atom. The molecule has 7 heteroatoms. The van der Waals surface area contributed by atoms with E-state index in [0.717, 1.165) is 11.1 Å². The summed E-state index contributed by atoms with van der Waals surface area (Å²) in [6, 6.07) is 30.8. The normalized spacial score (nSPS) is 27.1. The third-order valence-corrected chi connectivity index (χ3v) is 11.3. The molecule has 1 N–H and O–H groups in total. The number of anilines is 1. The molecule has 0 bridgehead atoms. The van der Waals surface area contributed by atoms with Crippen LogP contribution in [0.2, 0.25) is 0 Å². The number of nitrogens with zero attached hydrogens (tertiary/aromatic N) is 1. The Morgan fingerprint density at radius 2 is 1.54 bits per heavy atom. The quantitative estimate of drug-likeness (QED) is 0.175. The standard InChI is InChI=1S/C43H35NO6/c1-3-25-17-19-28(20-18-25)44-41(48)30-22-21-29-33(37(30)42(44)49)23-34-39(46)32(26-11-6-4-7-12-26)24-36(45)43(34,27-13-8-5-9-14-27)38(29)31-15-10-16-35(50-2)40(31)47/h3-21,24,30,33-34,37-38,47H,1,22-23H2,2H3. The highest BCUT2D eigenvalue weighted by Gasteiger charge is 2.66. The average Bonchev–Trinajstić information content (AvgIpc) is 3.42. The summed E-state index contributed by atoms with van der Waals surface area (Å²) in [7, 11) is 1.46. The van der Waals surface area contributed by atoms with Gasteiger partial charge in [-0.2, -0.15) is 0 Å². The number of ether oxygens (including phenoxy) is 1. The molecule has 6 atom stereocenters. The van der Waals surface area contributed by atoms with E-state index in [9.17, 15) is 14.7 Å². The van der Waals surface area contributed by atoms with Crippen LogP contribution in [0.3, 0.4) is 0 Å². The molecule has 7 nitrogen and oxygen atoms in total. The number of rotatable bonds is 6. The van der Waals surface area contributed by atoms with Crippen molar-refractivity contribution in [3.8, 4) is 11.5 Å². The molecule has 1 saturated heterocycles. The smallest absolute Gasteiger partial charge is 0.238 e. The van der Waals surface area contributed by atoms with Crippen LogP contribution in [0.1, 0.15) is 41.0 Å². The summed E-state index contributed by atoms with van der Waals surface area (Å²) < 4.78 is 5.55. The van der Waals surface area contributed by atoms with Gasteiger partial charge in [0.25, 0.3) is 0 Å². The van der Waals surface area contributed by atoms with Gasteiger partial charge in [0.05, 0.1) is 30.0 Å². The lowest BCUT2D eigenvalue weighted by Gasteiger charge is -2.55. The van der Waals surface area contributed by atoms with Crippen LogP contribution in [0.5, 0.6) is 11.5 Å². The van der Waals surface area contributed by atoms with Gasteiger partial charge < -0.3 is 9.84 Å². The Labute approximate surface area is 290 Å². The molecule has 0 spiro atoms. The fourth-order valence-electron chi connectivity index (χ4n) is 9.17. The number of hydrogen-bond donors (Lipinski definition) is 1. The fourth-order valence-corrected chi connectivity index (χ4v) is 9.17. The average molecular weight is 662 g/mol. The number of methoxy groups -OCH3 is 1. The number of fused-ring (bicyclic) bond motifs is 4. The summed E-state index contributed by atoms with van der Waals surface area (Å²) in [5.41, 5.74) is 2.71. The van der Waals surface area contributed by atoms with E-state index in [2.05, 4.69) is 6.58 Å². The molecule has 4 aromatic carbocycles. The van der Waals surface area contributed by atoms with Gasteiger partial charge in [-0.15, -0.1) is 0 Å². The third kappa shape index (κ3) is 4.42. The molecular weight excluding hydrogens is 626 g/mol. The van der Waals surface area contributed by atoms with Crippen molar-refractivity contribution in [2.75, 3.05) is 12.0 Å². The number of ketones is 2. The topological polar surface area (TPSA) is 101 Å². The first kappa shape index (κ1) is 31.4. The molecule has 8 rings (SSSR count). The summed E-state index contributed by atoms with van der Waals surface area (Å²) in [5.74, 6) is -4.63. The van der Waals surface area contributed by atoms with E-state index in [-0.39, 0.29) is 47.7 Å². The van der Waals surface area contributed by atoms with Gasteiger partial charge in [-0.25, -0.2) is 0 Å². The number of benzene rings is 4. The lowest BCUT2D eigenvalue weighted by molar-refractivity contribution is -0.135. The SMILES string of the molecule is C=Cc1ccc(N2C(=O)C3CC=C4C(CC5C(=O)C(c6ccccc6)=CC(=O)C5(c5ccccc5)C4c4cccc(OC)c4O)C3C2=O)cc1. The molecule has 4 aromatic rings. The molecule has 4 aliphatic rings. The third-order valence-electron chi connectivity index (χ3n) is 11.3. The first-order chi connectivity index (χ1) is 24.3. The maximum Gasteiger partial charge on any atom is 0.238 e. The molecule has 1 heterocycles. The van der Waals surface area contributed by atoms with E-state index >= 15 is 9.59 Å². The number of aromatic hydroxyl groups is 1. The summed E-state index contributed by atoms with van der Waals surface area (Å²) >= 11 is 0. The molecule has 2 fully saturated rings. The van der Waals surface area contributed by atoms with Crippen LogP contribution in [-0.4, -0.2) is 35.6 Å². The highest BCUT2D eigenvalue weighted by atomic mass is 16.5.